The predicted octanol–water partition coefficient (Wildman–Crippen LogP) is 1.71. The third-order valence-corrected chi connectivity index (χ3v) is 2.56. The fourth-order valence-electron chi connectivity index (χ4n) is 1.58. The van der Waals surface area contributed by atoms with Crippen molar-refractivity contribution in [2.45, 2.75) is 40.0 Å². The summed E-state index contributed by atoms with van der Waals surface area (Å²) >= 11 is 0. The number of hydrogen-bond donors (Lipinski definition) is 0. The smallest absolute Gasteiger partial charge is 0.107 e. The summed E-state index contributed by atoms with van der Waals surface area (Å²) in [6, 6.07) is 0.567. The molecule has 1 heterocycles. The van der Waals surface area contributed by atoms with Crippen molar-refractivity contribution in [2.75, 3.05) is 13.7 Å². The summed E-state index contributed by atoms with van der Waals surface area (Å²) in [6.07, 6.45) is 0.291. The van der Waals surface area contributed by atoms with Gasteiger partial charge in [0, 0.05) is 6.04 Å². The maximum Gasteiger partial charge on any atom is 0.107 e. The van der Waals surface area contributed by atoms with Gasteiger partial charge >= 0.3 is 0 Å². The van der Waals surface area contributed by atoms with E-state index in [2.05, 4.69) is 39.6 Å². The zero-order valence-corrected chi connectivity index (χ0v) is 8.22. The molecule has 0 aromatic heterocycles. The van der Waals surface area contributed by atoms with Gasteiger partial charge in [0.2, 0.25) is 0 Å². The minimum Gasteiger partial charge on any atom is -0.362 e. The highest BCUT2D eigenvalue weighted by Gasteiger charge is 2.36. The molecule has 1 rings (SSSR count). The molecule has 1 aliphatic rings. The lowest BCUT2D eigenvalue weighted by Crippen LogP contribution is -2.40. The van der Waals surface area contributed by atoms with Crippen LogP contribution in [-0.2, 0) is 4.74 Å². The van der Waals surface area contributed by atoms with Crippen molar-refractivity contribution < 1.29 is 4.74 Å². The molecule has 0 spiro atoms. The van der Waals surface area contributed by atoms with E-state index >= 15 is 0 Å². The molecule has 2 nitrogen and oxygen atoms in total. The van der Waals surface area contributed by atoms with Gasteiger partial charge in [0.15, 0.2) is 0 Å². The molecule has 0 amide bonds. The Labute approximate surface area is 69.5 Å². The van der Waals surface area contributed by atoms with E-state index in [-0.39, 0.29) is 0 Å². The lowest BCUT2D eigenvalue weighted by molar-refractivity contribution is 0.0565. The molecule has 2 heteroatoms. The fourth-order valence-corrected chi connectivity index (χ4v) is 1.58. The number of rotatable bonds is 0. The third-order valence-electron chi connectivity index (χ3n) is 2.56. The third kappa shape index (κ3) is 1.74. The van der Waals surface area contributed by atoms with Crippen molar-refractivity contribution in [1.82, 2.24) is 4.90 Å². The topological polar surface area (TPSA) is 12.5 Å². The van der Waals surface area contributed by atoms with Crippen LogP contribution in [0.4, 0.5) is 0 Å². The van der Waals surface area contributed by atoms with Crippen LogP contribution in [0.2, 0.25) is 0 Å². The van der Waals surface area contributed by atoms with E-state index in [1.807, 2.05) is 0 Å². The molecule has 2 unspecified atom stereocenters. The van der Waals surface area contributed by atoms with Crippen LogP contribution in [0.5, 0.6) is 0 Å². The molecule has 11 heavy (non-hydrogen) atoms. The summed E-state index contributed by atoms with van der Waals surface area (Å²) in [6.45, 7) is 9.76. The maximum atomic E-state index is 5.53. The van der Waals surface area contributed by atoms with Crippen LogP contribution in [0.3, 0.4) is 0 Å². The minimum absolute atomic E-state index is 0.291. The summed E-state index contributed by atoms with van der Waals surface area (Å²) in [5.41, 5.74) is 0.333. The van der Waals surface area contributed by atoms with Gasteiger partial charge in [-0.05, 0) is 19.4 Å². The molecular formula is C9H19NO. The van der Waals surface area contributed by atoms with Gasteiger partial charge in [-0.3, -0.25) is 4.90 Å². The maximum absolute atomic E-state index is 5.53. The van der Waals surface area contributed by atoms with E-state index in [0.717, 1.165) is 6.61 Å². The monoisotopic (exact) mass is 157 g/mol. The van der Waals surface area contributed by atoms with Crippen molar-refractivity contribution in [2.24, 2.45) is 5.41 Å². The standard InChI is InChI=1S/C9H19NO/c1-7-10(5)8(6-11-7)9(2,3)4/h7-8H,6H2,1-5H3. The van der Waals surface area contributed by atoms with Crippen molar-refractivity contribution in [3.63, 3.8) is 0 Å². The Kier molecular flexibility index (Phi) is 2.26. The second kappa shape index (κ2) is 2.76. The van der Waals surface area contributed by atoms with Crippen LogP contribution >= 0.6 is 0 Å². The van der Waals surface area contributed by atoms with Crippen molar-refractivity contribution in [3.8, 4) is 0 Å². The van der Waals surface area contributed by atoms with Gasteiger partial charge < -0.3 is 4.74 Å². The van der Waals surface area contributed by atoms with E-state index in [1.54, 1.807) is 0 Å². The van der Waals surface area contributed by atoms with Gasteiger partial charge in [-0.2, -0.15) is 0 Å². The van der Waals surface area contributed by atoms with Crippen molar-refractivity contribution in [3.05, 3.63) is 0 Å². The van der Waals surface area contributed by atoms with Crippen LogP contribution in [0, 0.1) is 5.41 Å². The Hall–Kier alpha value is -0.0800. The highest BCUT2D eigenvalue weighted by Crippen LogP contribution is 2.29. The molecule has 0 aromatic rings. The van der Waals surface area contributed by atoms with Gasteiger partial charge in [-0.25, -0.2) is 0 Å². The number of ether oxygens (including phenoxy) is 1. The van der Waals surface area contributed by atoms with Crippen LogP contribution in [0.1, 0.15) is 27.7 Å². The number of nitrogens with zero attached hydrogens (tertiary/aromatic N) is 1. The Morgan fingerprint density at radius 3 is 2.09 bits per heavy atom. The minimum atomic E-state index is 0.291. The molecule has 0 radical (unpaired) electrons. The Bertz CT molecular complexity index is 139. The SMILES string of the molecule is CC1OCC(C(C)(C)C)N1C. The fraction of sp³-hybridized carbons (Fsp3) is 1.00. The van der Waals surface area contributed by atoms with E-state index in [4.69, 9.17) is 4.74 Å². The molecule has 1 saturated heterocycles. The molecule has 0 aliphatic carbocycles. The second-order valence-corrected chi connectivity index (χ2v) is 4.48. The Morgan fingerprint density at radius 2 is 1.91 bits per heavy atom. The summed E-state index contributed by atoms with van der Waals surface area (Å²) in [7, 11) is 2.13. The molecule has 1 aliphatic heterocycles. The zero-order valence-electron chi connectivity index (χ0n) is 8.22. The molecule has 0 N–H and O–H groups in total. The highest BCUT2D eigenvalue weighted by atomic mass is 16.5. The first-order chi connectivity index (χ1) is 4.93. The van der Waals surface area contributed by atoms with E-state index in [0.29, 0.717) is 17.7 Å². The van der Waals surface area contributed by atoms with Crippen LogP contribution in [0.15, 0.2) is 0 Å². The van der Waals surface area contributed by atoms with Gasteiger partial charge in [0.1, 0.15) is 6.23 Å². The number of likely N-dealkylation sites (N-methyl/N-ethyl adjacent to an activating group) is 1. The first-order valence-electron chi connectivity index (χ1n) is 4.26. The van der Waals surface area contributed by atoms with E-state index in [1.165, 1.54) is 0 Å². The van der Waals surface area contributed by atoms with Crippen LogP contribution < -0.4 is 0 Å². The molecule has 1 fully saturated rings. The van der Waals surface area contributed by atoms with Gasteiger partial charge in [-0.15, -0.1) is 0 Å². The molecule has 2 atom stereocenters. The van der Waals surface area contributed by atoms with Gasteiger partial charge in [0.25, 0.3) is 0 Å². The van der Waals surface area contributed by atoms with Crippen LogP contribution in [0.25, 0.3) is 0 Å². The molecule has 66 valence electrons. The second-order valence-electron chi connectivity index (χ2n) is 4.48. The van der Waals surface area contributed by atoms with Crippen LogP contribution in [-0.4, -0.2) is 30.8 Å². The lowest BCUT2D eigenvalue weighted by atomic mass is 9.87. The summed E-state index contributed by atoms with van der Waals surface area (Å²) < 4.78 is 5.53. The van der Waals surface area contributed by atoms with E-state index in [9.17, 15) is 0 Å². The lowest BCUT2D eigenvalue weighted by Gasteiger charge is -2.32. The van der Waals surface area contributed by atoms with Gasteiger partial charge in [0.05, 0.1) is 6.61 Å². The number of hydrogen-bond acceptors (Lipinski definition) is 2. The molecule has 0 aromatic carbocycles. The predicted molar refractivity (Wildman–Crippen MR) is 46.4 cm³/mol. The average Bonchev–Trinajstić information content (AvgIpc) is 2.11. The summed E-state index contributed by atoms with van der Waals surface area (Å²) in [5, 5.41) is 0. The average molecular weight is 157 g/mol. The summed E-state index contributed by atoms with van der Waals surface area (Å²) in [4.78, 5) is 2.31. The zero-order chi connectivity index (χ0) is 8.65. The highest BCUT2D eigenvalue weighted by molar-refractivity contribution is 4.85. The molecule has 0 bridgehead atoms. The largest absolute Gasteiger partial charge is 0.362 e. The van der Waals surface area contributed by atoms with Crippen molar-refractivity contribution in [1.29, 1.82) is 0 Å². The Balaban J connectivity index is 2.62. The normalized spacial score (nSPS) is 34.6. The molecule has 0 saturated carbocycles. The molecular weight excluding hydrogens is 138 g/mol. The first-order valence-corrected chi connectivity index (χ1v) is 4.26. The summed E-state index contributed by atoms with van der Waals surface area (Å²) in [5.74, 6) is 0. The Morgan fingerprint density at radius 1 is 1.36 bits per heavy atom. The van der Waals surface area contributed by atoms with E-state index < -0.39 is 0 Å². The first kappa shape index (κ1) is 9.01. The van der Waals surface area contributed by atoms with Gasteiger partial charge in [-0.1, -0.05) is 20.8 Å². The van der Waals surface area contributed by atoms with Crippen molar-refractivity contribution >= 4 is 0 Å². The quantitative estimate of drug-likeness (QED) is 0.531.